The van der Waals surface area contributed by atoms with Gasteiger partial charge in [-0.2, -0.15) is 17.9 Å². The van der Waals surface area contributed by atoms with E-state index in [0.29, 0.717) is 0 Å². The lowest BCUT2D eigenvalue weighted by Gasteiger charge is -2.17. The van der Waals surface area contributed by atoms with E-state index in [1.807, 2.05) is 13.8 Å². The summed E-state index contributed by atoms with van der Waals surface area (Å²) in [5.74, 6) is -0.523. The van der Waals surface area contributed by atoms with Gasteiger partial charge >= 0.3 is 6.18 Å². The highest BCUT2D eigenvalue weighted by Crippen LogP contribution is 2.30. The van der Waals surface area contributed by atoms with Crippen LogP contribution in [0.1, 0.15) is 37.8 Å². The highest BCUT2D eigenvalue weighted by atomic mass is 32.2. The molecule has 10 heteroatoms. The summed E-state index contributed by atoms with van der Waals surface area (Å²) >= 11 is 0. The van der Waals surface area contributed by atoms with Gasteiger partial charge in [0.05, 0.1) is 18.7 Å². The maximum Gasteiger partial charge on any atom is 0.416 e. The lowest BCUT2D eigenvalue weighted by Crippen LogP contribution is -2.41. The van der Waals surface area contributed by atoms with E-state index in [0.717, 1.165) is 29.8 Å². The van der Waals surface area contributed by atoms with E-state index in [1.54, 1.807) is 6.07 Å². The Morgan fingerprint density at radius 3 is 2.13 bits per heavy atom. The third-order valence-corrected chi connectivity index (χ3v) is 5.91. The van der Waals surface area contributed by atoms with Crippen molar-refractivity contribution in [2.45, 2.75) is 43.8 Å². The van der Waals surface area contributed by atoms with Crippen LogP contribution in [0.3, 0.4) is 0 Å². The number of hydrogen-bond donors (Lipinski definition) is 2. The van der Waals surface area contributed by atoms with Crippen molar-refractivity contribution in [1.29, 1.82) is 0 Å². The first-order valence-corrected chi connectivity index (χ1v) is 10.5. The highest BCUT2D eigenvalue weighted by Gasteiger charge is 2.30. The molecule has 2 rings (SSSR count). The number of carbonyl (C=O) groups excluding carboxylic acids is 1. The summed E-state index contributed by atoms with van der Waals surface area (Å²) in [4.78, 5) is 12.2. The first-order chi connectivity index (χ1) is 13.8. The fraction of sp³-hybridized carbons (Fsp3) is 0.350. The van der Waals surface area contributed by atoms with Gasteiger partial charge < -0.3 is 10.1 Å². The van der Waals surface area contributed by atoms with Gasteiger partial charge in [-0.3, -0.25) is 4.79 Å². The molecule has 0 spiro atoms. The fourth-order valence-corrected chi connectivity index (χ4v) is 4.01. The summed E-state index contributed by atoms with van der Waals surface area (Å²) in [6.45, 7) is 5.15. The normalized spacial score (nSPS) is 13.2. The average Bonchev–Trinajstić information content (AvgIpc) is 2.66. The average molecular weight is 444 g/mol. The van der Waals surface area contributed by atoms with Crippen LogP contribution in [0.2, 0.25) is 0 Å². The number of hydrogen-bond acceptors (Lipinski definition) is 4. The summed E-state index contributed by atoms with van der Waals surface area (Å²) < 4.78 is 70.9. The molecule has 0 heterocycles. The third kappa shape index (κ3) is 5.73. The number of benzene rings is 2. The van der Waals surface area contributed by atoms with Crippen molar-refractivity contribution in [3.63, 3.8) is 0 Å². The van der Waals surface area contributed by atoms with Gasteiger partial charge in [0.1, 0.15) is 10.6 Å². The minimum absolute atomic E-state index is 0.0743. The number of amides is 1. The van der Waals surface area contributed by atoms with Crippen LogP contribution in [0.15, 0.2) is 47.4 Å². The molecule has 0 saturated heterocycles. The van der Waals surface area contributed by atoms with E-state index in [1.165, 1.54) is 26.2 Å². The monoisotopic (exact) mass is 444 g/mol. The van der Waals surface area contributed by atoms with Gasteiger partial charge in [0.15, 0.2) is 0 Å². The van der Waals surface area contributed by atoms with E-state index < -0.39 is 33.7 Å². The number of ether oxygens (including phenoxy) is 1. The van der Waals surface area contributed by atoms with Crippen LogP contribution in [0, 0.1) is 0 Å². The smallest absolute Gasteiger partial charge is 0.416 e. The summed E-state index contributed by atoms with van der Waals surface area (Å²) in [5.41, 5.74) is 0.0304. The Morgan fingerprint density at radius 2 is 1.63 bits per heavy atom. The lowest BCUT2D eigenvalue weighted by atomic mass is 10.0. The zero-order valence-corrected chi connectivity index (χ0v) is 17.7. The third-order valence-electron chi connectivity index (χ3n) is 4.35. The summed E-state index contributed by atoms with van der Waals surface area (Å²) in [7, 11) is -2.77. The quantitative estimate of drug-likeness (QED) is 0.672. The van der Waals surface area contributed by atoms with Gasteiger partial charge in [-0.1, -0.05) is 19.9 Å². The van der Waals surface area contributed by atoms with Crippen LogP contribution in [0.5, 0.6) is 5.75 Å². The molecular formula is C20H23F3N2O4S. The maximum absolute atomic E-state index is 12.8. The Labute approximate surface area is 173 Å². The first-order valence-electron chi connectivity index (χ1n) is 9.03. The van der Waals surface area contributed by atoms with Crippen molar-refractivity contribution in [3.8, 4) is 5.75 Å². The molecule has 0 saturated carbocycles. The molecule has 164 valence electrons. The number of nitrogens with one attached hydrogen (secondary N) is 2. The molecule has 1 atom stereocenters. The standard InChI is InChI=1S/C20H23F3N2O4S/c1-12(2)14-5-10-17(29-4)18(11-14)30(27,28)25-13(3)19(26)24-16-8-6-15(7-9-16)20(21,22)23/h5-13,25H,1-4H3,(H,24,26). The van der Waals surface area contributed by atoms with E-state index in [2.05, 4.69) is 10.0 Å². The molecule has 6 nitrogen and oxygen atoms in total. The SMILES string of the molecule is COc1ccc(C(C)C)cc1S(=O)(=O)NC(C)C(=O)Nc1ccc(C(F)(F)F)cc1. The number of sulfonamides is 1. The molecule has 1 amide bonds. The van der Waals surface area contributed by atoms with E-state index in [4.69, 9.17) is 4.74 Å². The number of methoxy groups -OCH3 is 1. The number of carbonyl (C=O) groups is 1. The second-order valence-electron chi connectivity index (χ2n) is 6.97. The predicted octanol–water partition coefficient (Wildman–Crippen LogP) is 4.14. The zero-order valence-electron chi connectivity index (χ0n) is 16.9. The summed E-state index contributed by atoms with van der Waals surface area (Å²) in [5, 5.41) is 2.39. The minimum Gasteiger partial charge on any atom is -0.495 e. The van der Waals surface area contributed by atoms with Gasteiger partial charge in [-0.05, 0) is 54.8 Å². The highest BCUT2D eigenvalue weighted by molar-refractivity contribution is 7.89. The molecule has 0 bridgehead atoms. The van der Waals surface area contributed by atoms with Crippen LogP contribution in [-0.2, 0) is 21.0 Å². The van der Waals surface area contributed by atoms with Crippen LogP contribution < -0.4 is 14.8 Å². The fourth-order valence-electron chi connectivity index (χ4n) is 2.61. The largest absolute Gasteiger partial charge is 0.495 e. The Morgan fingerprint density at radius 1 is 1.03 bits per heavy atom. The van der Waals surface area contributed by atoms with Crippen LogP contribution >= 0.6 is 0 Å². The van der Waals surface area contributed by atoms with Crippen molar-refractivity contribution in [2.75, 3.05) is 12.4 Å². The number of halogens is 3. The Balaban J connectivity index is 2.17. The second kappa shape index (κ2) is 9.05. The lowest BCUT2D eigenvalue weighted by molar-refractivity contribution is -0.137. The molecule has 2 aromatic carbocycles. The van der Waals surface area contributed by atoms with Gasteiger partial charge in [-0.15, -0.1) is 0 Å². The van der Waals surface area contributed by atoms with Crippen LogP contribution in [-0.4, -0.2) is 27.5 Å². The number of alkyl halides is 3. The van der Waals surface area contributed by atoms with Crippen LogP contribution in [0.4, 0.5) is 18.9 Å². The maximum atomic E-state index is 12.8. The Hall–Kier alpha value is -2.59. The molecule has 0 radical (unpaired) electrons. The molecule has 2 N–H and O–H groups in total. The van der Waals surface area contributed by atoms with E-state index in [-0.39, 0.29) is 22.3 Å². The van der Waals surface area contributed by atoms with E-state index >= 15 is 0 Å². The molecule has 2 aromatic rings. The Kier molecular flexibility index (Phi) is 7.14. The first kappa shape index (κ1) is 23.7. The zero-order chi connectivity index (χ0) is 22.7. The minimum atomic E-state index is -4.49. The molecule has 0 aliphatic heterocycles. The van der Waals surface area contributed by atoms with Gasteiger partial charge in [-0.25, -0.2) is 8.42 Å². The number of rotatable bonds is 7. The molecular weight excluding hydrogens is 421 g/mol. The van der Waals surface area contributed by atoms with Gasteiger partial charge in [0, 0.05) is 5.69 Å². The molecule has 0 fully saturated rings. The Bertz CT molecular complexity index is 1000. The second-order valence-corrected chi connectivity index (χ2v) is 8.65. The molecule has 1 unspecified atom stereocenters. The van der Waals surface area contributed by atoms with Crippen molar-refractivity contribution < 1.29 is 31.1 Å². The molecule has 0 aromatic heterocycles. The van der Waals surface area contributed by atoms with Crippen molar-refractivity contribution in [2.24, 2.45) is 0 Å². The van der Waals surface area contributed by atoms with Gasteiger partial charge in [0.25, 0.3) is 0 Å². The predicted molar refractivity (Wildman–Crippen MR) is 107 cm³/mol. The topological polar surface area (TPSA) is 84.5 Å². The van der Waals surface area contributed by atoms with Crippen molar-refractivity contribution in [1.82, 2.24) is 4.72 Å². The van der Waals surface area contributed by atoms with Crippen molar-refractivity contribution in [3.05, 3.63) is 53.6 Å². The summed E-state index contributed by atoms with van der Waals surface area (Å²) in [6.07, 6.45) is -4.49. The molecule has 0 aliphatic carbocycles. The van der Waals surface area contributed by atoms with Crippen molar-refractivity contribution >= 4 is 21.6 Å². The van der Waals surface area contributed by atoms with E-state index in [9.17, 15) is 26.4 Å². The molecule has 30 heavy (non-hydrogen) atoms. The molecule has 0 aliphatic rings. The van der Waals surface area contributed by atoms with Gasteiger partial charge in [0.2, 0.25) is 15.9 Å². The van der Waals surface area contributed by atoms with Crippen LogP contribution in [0.25, 0.3) is 0 Å². The number of anilines is 1. The summed E-state index contributed by atoms with van der Waals surface area (Å²) in [6, 6.07) is 7.42.